The van der Waals surface area contributed by atoms with Crippen molar-refractivity contribution in [3.05, 3.63) is 89.5 Å². The molecule has 4 aromatic carbocycles. The van der Waals surface area contributed by atoms with Gasteiger partial charge in [-0.2, -0.15) is 0 Å². The molecule has 4 unspecified atom stereocenters. The molecule has 0 radical (unpaired) electrons. The Labute approximate surface area is 334 Å². The predicted molar refractivity (Wildman–Crippen MR) is 232 cm³/mol. The predicted octanol–water partition coefficient (Wildman–Crippen LogP) is 13.3. The number of ether oxygens (including phenoxy) is 5. The zero-order chi connectivity index (χ0) is 40.2. The molecule has 4 rings (SSSR count). The van der Waals surface area contributed by atoms with Gasteiger partial charge in [0.2, 0.25) is 0 Å². The highest BCUT2D eigenvalue weighted by Gasteiger charge is 2.27. The van der Waals surface area contributed by atoms with Crippen molar-refractivity contribution < 1.29 is 32.7 Å². The van der Waals surface area contributed by atoms with Crippen LogP contribution < -0.4 is 32.7 Å². The van der Waals surface area contributed by atoms with Gasteiger partial charge in [-0.25, -0.2) is 0 Å². The van der Waals surface area contributed by atoms with Crippen LogP contribution in [0.2, 0.25) is 0 Å². The average Bonchev–Trinajstić information content (AvgIpc) is 3.15. The van der Waals surface area contributed by atoms with E-state index >= 15 is 0 Å². The Morgan fingerprint density at radius 2 is 0.945 bits per heavy atom. The van der Waals surface area contributed by atoms with Gasteiger partial charge in [0.25, 0.3) is 0 Å². The lowest BCUT2D eigenvalue weighted by Crippen LogP contribution is -2.23. The van der Waals surface area contributed by atoms with Gasteiger partial charge in [-0.3, -0.25) is 0 Å². The van der Waals surface area contributed by atoms with Gasteiger partial charge in [-0.15, -0.1) is 0 Å². The smallest absolute Gasteiger partial charge is 0.150 e. The third kappa shape index (κ3) is 12.9. The van der Waals surface area contributed by atoms with Crippen LogP contribution in [-0.4, -0.2) is 31.5 Å². The van der Waals surface area contributed by atoms with Crippen LogP contribution >= 0.6 is 17.6 Å². The third-order valence-electron chi connectivity index (χ3n) is 8.93. The second-order valence-electron chi connectivity index (χ2n) is 15.8. The van der Waals surface area contributed by atoms with E-state index in [1.165, 1.54) is 11.1 Å². The van der Waals surface area contributed by atoms with Gasteiger partial charge in [-0.1, -0.05) is 67.4 Å². The van der Waals surface area contributed by atoms with Gasteiger partial charge in [-0.05, 0) is 135 Å². The van der Waals surface area contributed by atoms with Crippen molar-refractivity contribution in [1.29, 1.82) is 0 Å². The highest BCUT2D eigenvalue weighted by atomic mass is 31.1. The van der Waals surface area contributed by atoms with Crippen molar-refractivity contribution in [2.75, 3.05) is 14.2 Å². The molecule has 0 amide bonds. The van der Waals surface area contributed by atoms with Crippen LogP contribution in [0.5, 0.6) is 40.2 Å². The molecule has 0 saturated heterocycles. The van der Waals surface area contributed by atoms with Crippen LogP contribution in [-0.2, 0) is 18.3 Å². The average molecular weight is 791 g/mol. The second kappa shape index (κ2) is 20.5. The molecule has 0 saturated carbocycles. The maximum atomic E-state index is 7.00. The van der Waals surface area contributed by atoms with E-state index in [2.05, 4.69) is 93.5 Å². The summed E-state index contributed by atoms with van der Waals surface area (Å²) in [5.74, 6) is 5.41. The van der Waals surface area contributed by atoms with E-state index in [0.29, 0.717) is 0 Å². The molecule has 0 aliphatic heterocycles. The lowest BCUT2D eigenvalue weighted by molar-refractivity contribution is 0.131. The van der Waals surface area contributed by atoms with Gasteiger partial charge < -0.3 is 32.7 Å². The summed E-state index contributed by atoms with van der Waals surface area (Å²) in [5.41, 5.74) is 5.00. The Balaban J connectivity index is 1.86. The minimum Gasteiger partial charge on any atom is -0.497 e. The Hall–Kier alpha value is -3.66. The first-order valence-electron chi connectivity index (χ1n) is 19.7. The van der Waals surface area contributed by atoms with Crippen molar-refractivity contribution in [1.82, 2.24) is 0 Å². The Bertz CT molecular complexity index is 1780. The number of benzene rings is 4. The van der Waals surface area contributed by atoms with E-state index in [-0.39, 0.29) is 34.7 Å². The van der Waals surface area contributed by atoms with Gasteiger partial charge in [0.1, 0.15) is 63.5 Å². The van der Waals surface area contributed by atoms with E-state index in [1.54, 1.807) is 14.2 Å². The molecular formula is C46H64O7P2. The first-order valence-corrected chi connectivity index (χ1v) is 21.7. The lowest BCUT2D eigenvalue weighted by Gasteiger charge is -2.28. The summed E-state index contributed by atoms with van der Waals surface area (Å²) in [6.07, 6.45) is 5.21. The SMILES string of the molecule is CCCc1cc(OC(C)(C)C)cc(-c2cc(C(C)(C)C)cc(CCC)c2OPC(CC)Oc2ccc(OC)cc2)c1OPC(CC)Oc1ccc(OC)cc1. The summed E-state index contributed by atoms with van der Waals surface area (Å²) in [4.78, 5) is 0. The fourth-order valence-corrected chi connectivity index (χ4v) is 7.70. The van der Waals surface area contributed by atoms with Crippen molar-refractivity contribution in [3.8, 4) is 51.4 Å². The van der Waals surface area contributed by atoms with Crippen molar-refractivity contribution in [2.24, 2.45) is 0 Å². The molecule has 4 aromatic rings. The molecule has 55 heavy (non-hydrogen) atoms. The molecule has 0 aromatic heterocycles. The van der Waals surface area contributed by atoms with Gasteiger partial charge in [0, 0.05) is 11.1 Å². The molecule has 0 aliphatic rings. The third-order valence-corrected chi connectivity index (χ3v) is 11.1. The van der Waals surface area contributed by atoms with Crippen LogP contribution in [0.4, 0.5) is 0 Å². The quantitative estimate of drug-likeness (QED) is 0.0826. The molecule has 0 aliphatic carbocycles. The van der Waals surface area contributed by atoms with E-state index < -0.39 is 5.60 Å². The van der Waals surface area contributed by atoms with E-state index in [0.717, 1.165) is 95.5 Å². The van der Waals surface area contributed by atoms with Crippen LogP contribution in [0.25, 0.3) is 11.1 Å². The highest BCUT2D eigenvalue weighted by molar-refractivity contribution is 7.33. The highest BCUT2D eigenvalue weighted by Crippen LogP contribution is 2.49. The minimum absolute atomic E-state index is 0.0505. The Morgan fingerprint density at radius 3 is 1.33 bits per heavy atom. The molecule has 0 N–H and O–H groups in total. The summed E-state index contributed by atoms with van der Waals surface area (Å²) < 4.78 is 44.2. The van der Waals surface area contributed by atoms with Crippen molar-refractivity contribution in [3.63, 3.8) is 0 Å². The fraction of sp³-hybridized carbons (Fsp3) is 0.478. The number of rotatable bonds is 20. The molecular weight excluding hydrogens is 726 g/mol. The molecule has 300 valence electrons. The van der Waals surface area contributed by atoms with Crippen LogP contribution in [0.15, 0.2) is 72.8 Å². The zero-order valence-corrected chi connectivity index (χ0v) is 37.2. The molecule has 9 heteroatoms. The van der Waals surface area contributed by atoms with Crippen LogP contribution in [0.1, 0.15) is 112 Å². The van der Waals surface area contributed by atoms with Crippen molar-refractivity contribution in [2.45, 2.75) is 130 Å². The van der Waals surface area contributed by atoms with Crippen LogP contribution in [0, 0.1) is 0 Å². The molecule has 0 fully saturated rings. The maximum absolute atomic E-state index is 7.00. The summed E-state index contributed by atoms with van der Waals surface area (Å²) in [7, 11) is 3.45. The summed E-state index contributed by atoms with van der Waals surface area (Å²) >= 11 is 0. The zero-order valence-electron chi connectivity index (χ0n) is 35.2. The second-order valence-corrected chi connectivity index (χ2v) is 17.9. The number of aryl methyl sites for hydroxylation is 2. The summed E-state index contributed by atoms with van der Waals surface area (Å²) in [5, 5.41) is 0. The summed E-state index contributed by atoms with van der Waals surface area (Å²) in [6.45, 7) is 21.7. The number of methoxy groups -OCH3 is 2. The van der Waals surface area contributed by atoms with E-state index in [1.807, 2.05) is 48.5 Å². The molecule has 7 nitrogen and oxygen atoms in total. The fourth-order valence-electron chi connectivity index (χ4n) is 6.01. The number of hydrogen-bond acceptors (Lipinski definition) is 7. The maximum Gasteiger partial charge on any atom is 0.150 e. The number of hydrogen-bond donors (Lipinski definition) is 0. The van der Waals surface area contributed by atoms with Crippen LogP contribution in [0.3, 0.4) is 0 Å². The first-order chi connectivity index (χ1) is 26.2. The molecule has 0 spiro atoms. The first kappa shape index (κ1) is 44.1. The Morgan fingerprint density at radius 1 is 0.527 bits per heavy atom. The topological polar surface area (TPSA) is 64.6 Å². The standard InChI is InChI=1S/C46H64O7P2/c1-13-17-31-27-33(45(5,6)7)29-39(43(31)52-54-41(15-3)49-36-23-19-34(47-11)20-24-36)40-30-38(51-46(8,9)10)28-32(18-14-2)44(40)53-55-42(16-4)50-37-25-21-35(48-12)22-26-37/h19-30,41-42,54-55H,13-18H2,1-12H3. The van der Waals surface area contributed by atoms with Gasteiger partial charge in [0.15, 0.2) is 11.7 Å². The molecule has 0 heterocycles. The lowest BCUT2D eigenvalue weighted by atomic mass is 9.82. The molecule has 0 bridgehead atoms. The van der Waals surface area contributed by atoms with Gasteiger partial charge in [0.05, 0.1) is 14.2 Å². The van der Waals surface area contributed by atoms with E-state index in [4.69, 9.17) is 32.7 Å². The monoisotopic (exact) mass is 790 g/mol. The minimum atomic E-state index is -0.390. The summed E-state index contributed by atoms with van der Waals surface area (Å²) in [6, 6.07) is 24.4. The van der Waals surface area contributed by atoms with Gasteiger partial charge >= 0.3 is 0 Å². The van der Waals surface area contributed by atoms with Crippen molar-refractivity contribution >= 4 is 17.6 Å². The Kier molecular flexibility index (Phi) is 16.4. The largest absolute Gasteiger partial charge is 0.497 e. The normalized spacial score (nSPS) is 13.2. The van der Waals surface area contributed by atoms with E-state index in [9.17, 15) is 0 Å². The molecule has 4 atom stereocenters.